The van der Waals surface area contributed by atoms with E-state index in [-0.39, 0.29) is 29.2 Å². The van der Waals surface area contributed by atoms with Gasteiger partial charge in [0, 0.05) is 23.7 Å². The van der Waals surface area contributed by atoms with E-state index in [1.54, 1.807) is 18.2 Å². The number of aromatic nitrogens is 1. The SMILES string of the molecule is COc1cccc2cc(C(=O)NC3CCC(Oc4ccc(C(F)(F)F)cn4)CC3)c(=O)oc12. The van der Waals surface area contributed by atoms with Gasteiger partial charge in [0.05, 0.1) is 12.7 Å². The monoisotopic (exact) mass is 462 g/mol. The Labute approximate surface area is 186 Å². The summed E-state index contributed by atoms with van der Waals surface area (Å²) in [5.74, 6) is -0.000605. The molecule has 1 N–H and O–H groups in total. The maximum absolute atomic E-state index is 12.7. The molecule has 4 rings (SSSR count). The first-order chi connectivity index (χ1) is 15.7. The van der Waals surface area contributed by atoms with Crippen molar-refractivity contribution in [1.82, 2.24) is 10.3 Å². The first-order valence-corrected chi connectivity index (χ1v) is 10.4. The molecule has 0 radical (unpaired) electrons. The van der Waals surface area contributed by atoms with Crippen molar-refractivity contribution in [2.45, 2.75) is 44.0 Å². The second-order valence-corrected chi connectivity index (χ2v) is 7.77. The van der Waals surface area contributed by atoms with Gasteiger partial charge in [0.25, 0.3) is 5.91 Å². The fraction of sp³-hybridized carbons (Fsp3) is 0.348. The van der Waals surface area contributed by atoms with Crippen molar-refractivity contribution < 1.29 is 31.9 Å². The molecule has 0 atom stereocenters. The van der Waals surface area contributed by atoms with Crippen LogP contribution in [0.4, 0.5) is 13.2 Å². The van der Waals surface area contributed by atoms with Gasteiger partial charge in [-0.05, 0) is 43.9 Å². The average molecular weight is 462 g/mol. The molecule has 2 heterocycles. The van der Waals surface area contributed by atoms with Crippen molar-refractivity contribution in [2.24, 2.45) is 0 Å². The predicted octanol–water partition coefficient (Wildman–Crippen LogP) is 4.34. The van der Waals surface area contributed by atoms with Gasteiger partial charge in [-0.25, -0.2) is 9.78 Å². The van der Waals surface area contributed by atoms with Crippen LogP contribution in [0.1, 0.15) is 41.6 Å². The Bertz CT molecular complexity index is 1200. The van der Waals surface area contributed by atoms with Gasteiger partial charge in [0.15, 0.2) is 11.3 Å². The van der Waals surface area contributed by atoms with Gasteiger partial charge in [-0.1, -0.05) is 12.1 Å². The molecule has 0 aliphatic heterocycles. The van der Waals surface area contributed by atoms with Crippen LogP contribution in [0.2, 0.25) is 0 Å². The van der Waals surface area contributed by atoms with Crippen LogP contribution < -0.4 is 20.4 Å². The number of carbonyl (C=O) groups excluding carboxylic acids is 1. The third kappa shape index (κ3) is 5.10. The lowest BCUT2D eigenvalue weighted by atomic mass is 9.92. The Morgan fingerprint density at radius 2 is 1.91 bits per heavy atom. The minimum Gasteiger partial charge on any atom is -0.493 e. The zero-order valence-electron chi connectivity index (χ0n) is 17.6. The molecule has 1 aliphatic rings. The molecule has 0 spiro atoms. The lowest BCUT2D eigenvalue weighted by molar-refractivity contribution is -0.137. The molecular formula is C23H21F3N2O5. The molecule has 1 aliphatic carbocycles. The normalized spacial score (nSPS) is 18.7. The minimum atomic E-state index is -4.45. The Kier molecular flexibility index (Phi) is 6.26. The molecule has 7 nitrogen and oxygen atoms in total. The summed E-state index contributed by atoms with van der Waals surface area (Å²) in [6, 6.07) is 8.54. The number of amides is 1. The van der Waals surface area contributed by atoms with Crippen molar-refractivity contribution >= 4 is 16.9 Å². The van der Waals surface area contributed by atoms with E-state index < -0.39 is 23.3 Å². The number of alkyl halides is 3. The highest BCUT2D eigenvalue weighted by molar-refractivity contribution is 5.97. The molecule has 10 heteroatoms. The number of pyridine rings is 1. The Balaban J connectivity index is 1.35. The summed E-state index contributed by atoms with van der Waals surface area (Å²) < 4.78 is 54.1. The summed E-state index contributed by atoms with van der Waals surface area (Å²) in [4.78, 5) is 28.8. The van der Waals surface area contributed by atoms with Crippen LogP contribution in [0.15, 0.2) is 51.8 Å². The van der Waals surface area contributed by atoms with Gasteiger partial charge in [-0.2, -0.15) is 13.2 Å². The van der Waals surface area contributed by atoms with Crippen molar-refractivity contribution in [1.29, 1.82) is 0 Å². The largest absolute Gasteiger partial charge is 0.493 e. The molecule has 0 unspecified atom stereocenters. The first-order valence-electron chi connectivity index (χ1n) is 10.4. The summed E-state index contributed by atoms with van der Waals surface area (Å²) in [7, 11) is 1.46. The zero-order chi connectivity index (χ0) is 23.6. The third-order valence-corrected chi connectivity index (χ3v) is 5.55. The van der Waals surface area contributed by atoms with Crippen LogP contribution in [-0.2, 0) is 6.18 Å². The third-order valence-electron chi connectivity index (χ3n) is 5.55. The first kappa shape index (κ1) is 22.6. The molecule has 1 aromatic carbocycles. The summed E-state index contributed by atoms with van der Waals surface area (Å²) in [5.41, 5.74) is -1.41. The Morgan fingerprint density at radius 1 is 1.15 bits per heavy atom. The molecule has 0 bridgehead atoms. The molecular weight excluding hydrogens is 441 g/mol. The number of fused-ring (bicyclic) bond motifs is 1. The molecule has 174 valence electrons. The number of methoxy groups -OCH3 is 1. The fourth-order valence-electron chi connectivity index (χ4n) is 3.81. The van der Waals surface area contributed by atoms with Crippen molar-refractivity contribution in [2.75, 3.05) is 7.11 Å². The highest BCUT2D eigenvalue weighted by atomic mass is 19.4. The number of ether oxygens (including phenoxy) is 2. The highest BCUT2D eigenvalue weighted by Gasteiger charge is 2.31. The zero-order valence-corrected chi connectivity index (χ0v) is 17.6. The number of benzene rings is 1. The highest BCUT2D eigenvalue weighted by Crippen LogP contribution is 2.30. The number of carbonyl (C=O) groups is 1. The van der Waals surface area contributed by atoms with Gasteiger partial charge < -0.3 is 19.2 Å². The van der Waals surface area contributed by atoms with E-state index >= 15 is 0 Å². The number of rotatable bonds is 5. The summed E-state index contributed by atoms with van der Waals surface area (Å²) in [5, 5.41) is 3.42. The van der Waals surface area contributed by atoms with Crippen molar-refractivity contribution in [3.8, 4) is 11.6 Å². The quantitative estimate of drug-likeness (QED) is 0.568. The van der Waals surface area contributed by atoms with E-state index in [1.807, 2.05) is 0 Å². The molecule has 1 saturated carbocycles. The van der Waals surface area contributed by atoms with Gasteiger partial charge in [0.2, 0.25) is 5.88 Å². The second kappa shape index (κ2) is 9.13. The number of para-hydroxylation sites is 1. The summed E-state index contributed by atoms with van der Waals surface area (Å²) in [6.07, 6.45) is -1.59. The van der Waals surface area contributed by atoms with Gasteiger partial charge >= 0.3 is 11.8 Å². The van der Waals surface area contributed by atoms with E-state index in [0.717, 1.165) is 12.3 Å². The lowest BCUT2D eigenvalue weighted by Gasteiger charge is -2.29. The Morgan fingerprint density at radius 3 is 2.55 bits per heavy atom. The summed E-state index contributed by atoms with van der Waals surface area (Å²) in [6.45, 7) is 0. The molecule has 1 fully saturated rings. The summed E-state index contributed by atoms with van der Waals surface area (Å²) >= 11 is 0. The van der Waals surface area contributed by atoms with Crippen LogP contribution in [0, 0.1) is 0 Å². The standard InChI is InChI=1S/C23H21F3N2O5/c1-31-18-4-2-3-13-11-17(22(30)33-20(13)18)21(29)28-15-6-8-16(9-7-15)32-19-10-5-14(12-27-19)23(24,25)26/h2-5,10-12,15-16H,6-9H2,1H3,(H,28,29). The van der Waals surface area contributed by atoms with Crippen molar-refractivity contribution in [3.63, 3.8) is 0 Å². The van der Waals surface area contributed by atoms with E-state index in [9.17, 15) is 22.8 Å². The fourth-order valence-corrected chi connectivity index (χ4v) is 3.81. The van der Waals surface area contributed by atoms with Crippen LogP contribution in [-0.4, -0.2) is 30.1 Å². The molecule has 2 aromatic heterocycles. The van der Waals surface area contributed by atoms with Crippen LogP contribution in [0.3, 0.4) is 0 Å². The maximum atomic E-state index is 12.7. The molecule has 33 heavy (non-hydrogen) atoms. The molecule has 1 amide bonds. The van der Waals surface area contributed by atoms with E-state index in [4.69, 9.17) is 13.9 Å². The van der Waals surface area contributed by atoms with Crippen LogP contribution >= 0.6 is 0 Å². The number of halogens is 3. The lowest BCUT2D eigenvalue weighted by Crippen LogP contribution is -2.41. The van der Waals surface area contributed by atoms with Gasteiger partial charge in [-0.15, -0.1) is 0 Å². The predicted molar refractivity (Wildman–Crippen MR) is 112 cm³/mol. The molecule has 0 saturated heterocycles. The number of nitrogens with one attached hydrogen (secondary N) is 1. The average Bonchev–Trinajstić information content (AvgIpc) is 2.79. The maximum Gasteiger partial charge on any atom is 0.417 e. The number of nitrogens with zero attached hydrogens (tertiary/aromatic N) is 1. The van der Waals surface area contributed by atoms with Gasteiger partial charge in [-0.3, -0.25) is 4.79 Å². The number of hydrogen-bond acceptors (Lipinski definition) is 6. The number of hydrogen-bond donors (Lipinski definition) is 1. The van der Waals surface area contributed by atoms with E-state index in [1.165, 1.54) is 19.2 Å². The van der Waals surface area contributed by atoms with E-state index in [0.29, 0.717) is 36.8 Å². The van der Waals surface area contributed by atoms with Crippen molar-refractivity contribution in [3.05, 3.63) is 64.1 Å². The van der Waals surface area contributed by atoms with Gasteiger partial charge in [0.1, 0.15) is 11.7 Å². The topological polar surface area (TPSA) is 90.7 Å². The minimum absolute atomic E-state index is 0.0944. The molecule has 3 aromatic rings. The van der Waals surface area contributed by atoms with Crippen LogP contribution in [0.25, 0.3) is 11.0 Å². The van der Waals surface area contributed by atoms with E-state index in [2.05, 4.69) is 10.3 Å². The van der Waals surface area contributed by atoms with Crippen LogP contribution in [0.5, 0.6) is 11.6 Å². The smallest absolute Gasteiger partial charge is 0.417 e. The second-order valence-electron chi connectivity index (χ2n) is 7.77. The Hall–Kier alpha value is -3.56.